The van der Waals surface area contributed by atoms with Gasteiger partial charge in [0.15, 0.2) is 33.6 Å². The van der Waals surface area contributed by atoms with E-state index in [-0.39, 0.29) is 16.8 Å². The number of fused-ring (bicyclic) bond motifs is 1. The number of rotatable bonds is 6. The summed E-state index contributed by atoms with van der Waals surface area (Å²) in [6.45, 7) is 2.80. The Bertz CT molecular complexity index is 1460. The van der Waals surface area contributed by atoms with E-state index in [1.807, 2.05) is 60.7 Å². The molecule has 0 radical (unpaired) electrons. The number of sulfone groups is 1. The molecule has 5 rings (SSSR count). The molecule has 1 amide bonds. The topological polar surface area (TPSA) is 111 Å². The molecule has 0 saturated carbocycles. The van der Waals surface area contributed by atoms with Crippen molar-refractivity contribution in [2.45, 2.75) is 36.1 Å². The van der Waals surface area contributed by atoms with E-state index in [0.717, 1.165) is 4.90 Å². The van der Waals surface area contributed by atoms with Gasteiger partial charge in [0.05, 0.1) is 16.8 Å². The van der Waals surface area contributed by atoms with Crippen molar-refractivity contribution in [1.29, 1.82) is 0 Å². The highest BCUT2D eigenvalue weighted by Crippen LogP contribution is 2.50. The molecule has 37 heavy (non-hydrogen) atoms. The average Bonchev–Trinajstić information content (AvgIpc) is 3.06. The second-order valence-electron chi connectivity index (χ2n) is 9.41. The van der Waals surface area contributed by atoms with Gasteiger partial charge in [0.2, 0.25) is 0 Å². The first kappa shape index (κ1) is 24.6. The van der Waals surface area contributed by atoms with E-state index in [0.29, 0.717) is 17.4 Å². The zero-order valence-corrected chi connectivity index (χ0v) is 21.0. The highest BCUT2D eigenvalue weighted by molar-refractivity contribution is 7.94. The molecule has 0 spiro atoms. The smallest absolute Gasteiger partial charge is 0.331 e. The SMILES string of the molecule is CC1(C)[C@H](C(=O)OC(c2ccccc2)c2ccccc2)N2C(=O)/C(=C(\C=O)c3ccccn3)C2S1(=O)=O. The zero-order chi connectivity index (χ0) is 26.4. The largest absolute Gasteiger partial charge is 0.451 e. The van der Waals surface area contributed by atoms with E-state index < -0.39 is 44.0 Å². The van der Waals surface area contributed by atoms with Crippen LogP contribution in [0, 0.1) is 0 Å². The van der Waals surface area contributed by atoms with Crippen molar-refractivity contribution < 1.29 is 27.5 Å². The first-order valence-electron chi connectivity index (χ1n) is 11.7. The predicted molar refractivity (Wildman–Crippen MR) is 135 cm³/mol. The second kappa shape index (κ2) is 9.08. The number of hydrogen-bond acceptors (Lipinski definition) is 7. The molecule has 1 aromatic heterocycles. The maximum absolute atomic E-state index is 13.7. The monoisotopic (exact) mass is 516 g/mol. The molecule has 3 aromatic rings. The molecule has 0 aliphatic carbocycles. The van der Waals surface area contributed by atoms with Gasteiger partial charge in [0.25, 0.3) is 5.91 Å². The Hall–Kier alpha value is -4.11. The molecule has 2 aliphatic rings. The normalized spacial score (nSPS) is 22.7. The van der Waals surface area contributed by atoms with Gasteiger partial charge in [-0.1, -0.05) is 66.7 Å². The summed E-state index contributed by atoms with van der Waals surface area (Å²) in [6, 6.07) is 21.6. The molecule has 188 valence electrons. The van der Waals surface area contributed by atoms with Crippen LogP contribution in [0.2, 0.25) is 0 Å². The average molecular weight is 517 g/mol. The molecule has 1 unspecified atom stereocenters. The Morgan fingerprint density at radius 1 is 0.973 bits per heavy atom. The van der Waals surface area contributed by atoms with Crippen molar-refractivity contribution in [1.82, 2.24) is 9.88 Å². The van der Waals surface area contributed by atoms with E-state index in [2.05, 4.69) is 4.98 Å². The Morgan fingerprint density at radius 3 is 2.05 bits per heavy atom. The molecule has 2 saturated heterocycles. The van der Waals surface area contributed by atoms with Gasteiger partial charge < -0.3 is 9.64 Å². The van der Waals surface area contributed by atoms with Crippen molar-refractivity contribution in [3.8, 4) is 0 Å². The Morgan fingerprint density at radius 2 is 1.54 bits per heavy atom. The molecule has 2 aromatic carbocycles. The molecule has 8 nitrogen and oxygen atoms in total. The first-order chi connectivity index (χ1) is 17.7. The zero-order valence-electron chi connectivity index (χ0n) is 20.1. The number of amides is 1. The maximum atomic E-state index is 13.7. The minimum Gasteiger partial charge on any atom is -0.451 e. The lowest BCUT2D eigenvalue weighted by Crippen LogP contribution is -2.59. The summed E-state index contributed by atoms with van der Waals surface area (Å²) in [5.41, 5.74) is 1.30. The number of aldehydes is 1. The lowest BCUT2D eigenvalue weighted by molar-refractivity contribution is -0.160. The quantitative estimate of drug-likeness (QED) is 0.214. The Balaban J connectivity index is 1.55. The van der Waals surface area contributed by atoms with E-state index in [1.165, 1.54) is 26.1 Å². The van der Waals surface area contributed by atoms with Gasteiger partial charge in [-0.3, -0.25) is 14.6 Å². The van der Waals surface area contributed by atoms with Crippen molar-refractivity contribution >= 4 is 33.6 Å². The Labute approximate surface area is 214 Å². The molecule has 2 aliphatic heterocycles. The van der Waals surface area contributed by atoms with Crippen LogP contribution in [-0.2, 0) is 29.0 Å². The molecule has 0 N–H and O–H groups in total. The number of allylic oxidation sites excluding steroid dienone is 1. The molecule has 0 bridgehead atoms. The maximum Gasteiger partial charge on any atom is 0.331 e. The number of benzene rings is 2. The molecule has 2 fully saturated rings. The predicted octanol–water partition coefficient (Wildman–Crippen LogP) is 3.11. The number of nitrogens with zero attached hydrogens (tertiary/aromatic N) is 2. The van der Waals surface area contributed by atoms with Crippen LogP contribution in [0.1, 0.15) is 36.8 Å². The molecule has 9 heteroatoms. The lowest BCUT2D eigenvalue weighted by Gasteiger charge is -2.39. The summed E-state index contributed by atoms with van der Waals surface area (Å²) in [7, 11) is -4.11. The van der Waals surface area contributed by atoms with Gasteiger partial charge in [-0.15, -0.1) is 0 Å². The van der Waals surface area contributed by atoms with Crippen LogP contribution in [0.3, 0.4) is 0 Å². The van der Waals surface area contributed by atoms with E-state index in [9.17, 15) is 22.8 Å². The van der Waals surface area contributed by atoms with Crippen LogP contribution >= 0.6 is 0 Å². The third-order valence-corrected chi connectivity index (χ3v) is 9.68. The first-order valence-corrected chi connectivity index (χ1v) is 13.2. The fourth-order valence-corrected chi connectivity index (χ4v) is 7.10. The number of ether oxygens (including phenoxy) is 1. The summed E-state index contributed by atoms with van der Waals surface area (Å²) in [5.74, 6) is -1.54. The van der Waals surface area contributed by atoms with E-state index in [1.54, 1.807) is 12.1 Å². The van der Waals surface area contributed by atoms with Crippen LogP contribution in [0.25, 0.3) is 5.57 Å². The summed E-state index contributed by atoms with van der Waals surface area (Å²) < 4.78 is 31.6. The second-order valence-corrected chi connectivity index (χ2v) is 12.0. The minimum atomic E-state index is -4.11. The van der Waals surface area contributed by atoms with E-state index >= 15 is 0 Å². The molecule has 2 atom stereocenters. The van der Waals surface area contributed by atoms with Crippen molar-refractivity contribution in [2.24, 2.45) is 0 Å². The molecular weight excluding hydrogens is 492 g/mol. The number of hydrogen-bond donors (Lipinski definition) is 0. The highest BCUT2D eigenvalue weighted by atomic mass is 32.2. The van der Waals surface area contributed by atoms with Crippen molar-refractivity contribution in [3.05, 3.63) is 107 Å². The van der Waals surface area contributed by atoms with Crippen LogP contribution in [0.4, 0.5) is 0 Å². The fraction of sp³-hybridized carbons (Fsp3) is 0.214. The van der Waals surface area contributed by atoms with E-state index in [4.69, 9.17) is 4.74 Å². The van der Waals surface area contributed by atoms with Gasteiger partial charge >= 0.3 is 5.97 Å². The highest BCUT2D eigenvalue weighted by Gasteiger charge is 2.71. The van der Waals surface area contributed by atoms with Crippen LogP contribution in [-0.4, -0.2) is 52.6 Å². The molecule has 3 heterocycles. The third-order valence-electron chi connectivity index (χ3n) is 6.94. The van der Waals surface area contributed by atoms with Crippen molar-refractivity contribution in [3.63, 3.8) is 0 Å². The van der Waals surface area contributed by atoms with Gasteiger partial charge in [-0.05, 0) is 37.1 Å². The van der Waals surface area contributed by atoms with Crippen molar-refractivity contribution in [2.75, 3.05) is 0 Å². The number of aromatic nitrogens is 1. The fourth-order valence-electron chi connectivity index (χ4n) is 4.95. The summed E-state index contributed by atoms with van der Waals surface area (Å²) in [5, 5.41) is -1.44. The summed E-state index contributed by atoms with van der Waals surface area (Å²) in [6.07, 6.45) is 1.07. The van der Waals surface area contributed by atoms with Crippen LogP contribution in [0.5, 0.6) is 0 Å². The summed E-state index contributed by atoms with van der Waals surface area (Å²) in [4.78, 5) is 44.1. The van der Waals surface area contributed by atoms with Crippen LogP contribution in [0.15, 0.2) is 90.6 Å². The molecular formula is C28H24N2O6S. The van der Waals surface area contributed by atoms with Crippen LogP contribution < -0.4 is 0 Å². The standard InChI is InChI=1S/C28H24N2O6S/c1-28(2)24(27(33)36-23(18-11-5-3-6-12-18)19-13-7-4-8-14-19)30-25(32)22(26(30)37(28,34)35)20(17-31)21-15-9-10-16-29-21/h3-17,23-24,26H,1-2H3/b22-20-/t24-,26?/m0/s1. The third kappa shape index (κ3) is 3.77. The van der Waals surface area contributed by atoms with Gasteiger partial charge in [0.1, 0.15) is 4.75 Å². The number of β-lactam (4-membered cyclic amide) rings is 1. The number of carbonyl (C=O) groups is 3. The summed E-state index contributed by atoms with van der Waals surface area (Å²) >= 11 is 0. The Kier molecular flexibility index (Phi) is 6.03. The number of esters is 1. The number of pyridine rings is 1. The van der Waals surface area contributed by atoms with Gasteiger partial charge in [-0.2, -0.15) is 0 Å². The minimum absolute atomic E-state index is 0.105. The van der Waals surface area contributed by atoms with Gasteiger partial charge in [-0.25, -0.2) is 13.2 Å². The van der Waals surface area contributed by atoms with Gasteiger partial charge in [0, 0.05) is 6.20 Å². The lowest BCUT2D eigenvalue weighted by atomic mass is 9.92. The number of carbonyl (C=O) groups excluding carboxylic acids is 3.